The van der Waals surface area contributed by atoms with Crippen molar-refractivity contribution in [2.24, 2.45) is 5.92 Å². The van der Waals surface area contributed by atoms with E-state index in [0.29, 0.717) is 12.3 Å². The molecule has 0 N–H and O–H groups in total. The van der Waals surface area contributed by atoms with E-state index < -0.39 is 10.1 Å². The molecule has 1 aliphatic carbocycles. The normalized spacial score (nSPS) is 19.2. The van der Waals surface area contributed by atoms with Crippen molar-refractivity contribution in [2.45, 2.75) is 84.0 Å². The molecule has 3 nitrogen and oxygen atoms in total. The van der Waals surface area contributed by atoms with Crippen molar-refractivity contribution in [3.8, 4) is 11.1 Å². The molecule has 0 radical (unpaired) electrons. The third kappa shape index (κ3) is 7.45. The number of rotatable bonds is 11. The van der Waals surface area contributed by atoms with Crippen molar-refractivity contribution in [3.05, 3.63) is 59.2 Å². The summed E-state index contributed by atoms with van der Waals surface area (Å²) in [5.74, 6) is 1.67. The first-order valence-electron chi connectivity index (χ1n) is 12.5. The first-order valence-corrected chi connectivity index (χ1v) is 14.3. The summed E-state index contributed by atoms with van der Waals surface area (Å²) < 4.78 is 27.2. The molecule has 0 aliphatic heterocycles. The zero-order valence-electron chi connectivity index (χ0n) is 20.1. The molecule has 0 aromatic heterocycles. The van der Waals surface area contributed by atoms with Crippen LogP contribution in [0.4, 0.5) is 0 Å². The van der Waals surface area contributed by atoms with Gasteiger partial charge in [-0.3, -0.25) is 4.18 Å². The molecule has 2 aromatic rings. The van der Waals surface area contributed by atoms with Gasteiger partial charge in [-0.05, 0) is 78.2 Å². The number of hydrogen-bond acceptors (Lipinski definition) is 3. The van der Waals surface area contributed by atoms with Crippen molar-refractivity contribution >= 4 is 10.1 Å². The Morgan fingerprint density at radius 1 is 0.938 bits per heavy atom. The molecule has 0 unspecified atom stereocenters. The van der Waals surface area contributed by atoms with Gasteiger partial charge in [-0.2, -0.15) is 8.42 Å². The summed E-state index contributed by atoms with van der Waals surface area (Å²) in [6.45, 7) is 4.65. The molecule has 1 aliphatic rings. The molecule has 2 aromatic carbocycles. The molecule has 1 fully saturated rings. The van der Waals surface area contributed by atoms with Gasteiger partial charge in [0.15, 0.2) is 0 Å². The van der Waals surface area contributed by atoms with Crippen LogP contribution >= 0.6 is 0 Å². The first kappa shape index (κ1) is 25.0. The van der Waals surface area contributed by atoms with Crippen LogP contribution in [0.1, 0.15) is 87.8 Å². The van der Waals surface area contributed by atoms with Gasteiger partial charge in [-0.15, -0.1) is 0 Å². The summed E-state index contributed by atoms with van der Waals surface area (Å²) in [6.07, 6.45) is 13.6. The monoisotopic (exact) mass is 456 g/mol. The van der Waals surface area contributed by atoms with Crippen molar-refractivity contribution in [1.29, 1.82) is 0 Å². The maximum absolute atomic E-state index is 11.2. The number of unbranched alkanes of at least 4 members (excludes halogenated alkanes) is 2. The van der Waals surface area contributed by atoms with Crippen LogP contribution in [-0.2, 0) is 27.1 Å². The maximum atomic E-state index is 11.2. The van der Waals surface area contributed by atoms with Crippen LogP contribution in [-0.4, -0.2) is 21.3 Å². The second-order valence-electron chi connectivity index (χ2n) is 9.46. The van der Waals surface area contributed by atoms with Gasteiger partial charge in [0.25, 0.3) is 10.1 Å². The Morgan fingerprint density at radius 3 is 2.28 bits per heavy atom. The quantitative estimate of drug-likeness (QED) is 0.263. The van der Waals surface area contributed by atoms with Crippen LogP contribution in [0.15, 0.2) is 42.5 Å². The van der Waals surface area contributed by atoms with E-state index in [-0.39, 0.29) is 6.61 Å². The third-order valence-corrected chi connectivity index (χ3v) is 7.59. The zero-order chi connectivity index (χ0) is 23.0. The SMILES string of the molecule is CCCCCC1CCC(c2ccc(-c3ccc(CCOS(C)(=O)=O)cc3CC)cc2)CC1. The molecule has 0 bridgehead atoms. The number of aryl methyl sites for hydroxylation is 1. The second-order valence-corrected chi connectivity index (χ2v) is 11.1. The molecule has 176 valence electrons. The zero-order valence-corrected chi connectivity index (χ0v) is 20.9. The van der Waals surface area contributed by atoms with Crippen LogP contribution in [0.5, 0.6) is 0 Å². The fourth-order valence-corrected chi connectivity index (χ4v) is 5.48. The molecular weight excluding hydrogens is 416 g/mol. The largest absolute Gasteiger partial charge is 0.270 e. The van der Waals surface area contributed by atoms with E-state index >= 15 is 0 Å². The molecule has 0 spiro atoms. The summed E-state index contributed by atoms with van der Waals surface area (Å²) in [4.78, 5) is 0. The van der Waals surface area contributed by atoms with E-state index in [9.17, 15) is 8.42 Å². The van der Waals surface area contributed by atoms with Gasteiger partial charge in [0.1, 0.15) is 0 Å². The van der Waals surface area contributed by atoms with Gasteiger partial charge in [-0.25, -0.2) is 0 Å². The minimum atomic E-state index is -3.38. The van der Waals surface area contributed by atoms with Gasteiger partial charge < -0.3 is 0 Å². The summed E-state index contributed by atoms with van der Waals surface area (Å²) in [6, 6.07) is 15.7. The molecule has 0 saturated heterocycles. The lowest BCUT2D eigenvalue weighted by molar-refractivity contribution is 0.303. The van der Waals surface area contributed by atoms with Crippen molar-refractivity contribution in [3.63, 3.8) is 0 Å². The molecule has 3 rings (SSSR count). The third-order valence-electron chi connectivity index (χ3n) is 6.99. The number of hydrogen-bond donors (Lipinski definition) is 0. The Balaban J connectivity index is 1.60. The Hall–Kier alpha value is -1.65. The lowest BCUT2D eigenvalue weighted by Gasteiger charge is -2.29. The van der Waals surface area contributed by atoms with Gasteiger partial charge in [0.2, 0.25) is 0 Å². The van der Waals surface area contributed by atoms with E-state index in [0.717, 1.165) is 24.2 Å². The predicted octanol–water partition coefficient (Wildman–Crippen LogP) is 7.29. The molecule has 4 heteroatoms. The van der Waals surface area contributed by atoms with Gasteiger partial charge in [0.05, 0.1) is 12.9 Å². The average molecular weight is 457 g/mol. The smallest absolute Gasteiger partial charge is 0.264 e. The summed E-state index contributed by atoms with van der Waals surface area (Å²) in [5.41, 5.74) is 6.43. The molecule has 1 saturated carbocycles. The Morgan fingerprint density at radius 2 is 1.66 bits per heavy atom. The van der Waals surface area contributed by atoms with E-state index in [2.05, 4.69) is 56.3 Å². The first-order chi connectivity index (χ1) is 15.4. The second kappa shape index (κ2) is 12.0. The highest BCUT2D eigenvalue weighted by Crippen LogP contribution is 2.38. The fourth-order valence-electron chi connectivity index (χ4n) is 5.09. The predicted molar refractivity (Wildman–Crippen MR) is 135 cm³/mol. The van der Waals surface area contributed by atoms with Crippen molar-refractivity contribution in [2.75, 3.05) is 12.9 Å². The minimum Gasteiger partial charge on any atom is -0.270 e. The Bertz CT molecular complexity index is 939. The highest BCUT2D eigenvalue weighted by atomic mass is 32.2. The van der Waals surface area contributed by atoms with Gasteiger partial charge in [-0.1, -0.05) is 82.0 Å². The van der Waals surface area contributed by atoms with Gasteiger partial charge >= 0.3 is 0 Å². The van der Waals surface area contributed by atoms with Crippen molar-refractivity contribution in [1.82, 2.24) is 0 Å². The highest BCUT2D eigenvalue weighted by molar-refractivity contribution is 7.85. The molecule has 0 heterocycles. The van der Waals surface area contributed by atoms with Crippen LogP contribution < -0.4 is 0 Å². The van der Waals surface area contributed by atoms with E-state index in [1.54, 1.807) is 0 Å². The molecule has 32 heavy (non-hydrogen) atoms. The van der Waals surface area contributed by atoms with E-state index in [1.165, 1.54) is 73.6 Å². The fraction of sp³-hybridized carbons (Fsp3) is 0.571. The molecule has 0 amide bonds. The summed E-state index contributed by atoms with van der Waals surface area (Å²) in [7, 11) is -3.38. The van der Waals surface area contributed by atoms with Gasteiger partial charge in [0, 0.05) is 0 Å². The Kier molecular flexibility index (Phi) is 9.36. The van der Waals surface area contributed by atoms with Crippen LogP contribution in [0.25, 0.3) is 11.1 Å². The van der Waals surface area contributed by atoms with Crippen LogP contribution in [0.2, 0.25) is 0 Å². The van der Waals surface area contributed by atoms with Crippen LogP contribution in [0, 0.1) is 5.92 Å². The Labute approximate surface area is 195 Å². The lowest BCUT2D eigenvalue weighted by atomic mass is 9.77. The number of benzene rings is 2. The molecule has 0 atom stereocenters. The highest BCUT2D eigenvalue weighted by Gasteiger charge is 2.22. The van der Waals surface area contributed by atoms with E-state index in [4.69, 9.17) is 4.18 Å². The topological polar surface area (TPSA) is 43.4 Å². The maximum Gasteiger partial charge on any atom is 0.264 e. The molecular formula is C28H40O3S. The minimum absolute atomic E-state index is 0.191. The summed E-state index contributed by atoms with van der Waals surface area (Å²) >= 11 is 0. The van der Waals surface area contributed by atoms with Crippen molar-refractivity contribution < 1.29 is 12.6 Å². The average Bonchev–Trinajstić information content (AvgIpc) is 2.79. The van der Waals surface area contributed by atoms with E-state index in [1.807, 2.05) is 0 Å². The van der Waals surface area contributed by atoms with Crippen LogP contribution in [0.3, 0.4) is 0 Å². The lowest BCUT2D eigenvalue weighted by Crippen LogP contribution is -2.13. The standard InChI is InChI=1S/C28H40O3S/c1-4-6-7-8-22-9-12-25(13-10-22)26-14-16-27(17-15-26)28-18-11-23(21-24(28)5-2)19-20-31-32(3,29)30/h11,14-18,21-22,25H,4-10,12-13,19-20H2,1-3H3. The summed E-state index contributed by atoms with van der Waals surface area (Å²) in [5, 5.41) is 0.